The van der Waals surface area contributed by atoms with Crippen molar-refractivity contribution in [3.63, 3.8) is 0 Å². The Morgan fingerprint density at radius 2 is 2.47 bits per heavy atom. The number of rotatable bonds is 2. The van der Waals surface area contributed by atoms with Crippen molar-refractivity contribution < 1.29 is 4.74 Å². The first-order chi connectivity index (χ1) is 7.18. The molecule has 1 aromatic heterocycles. The van der Waals surface area contributed by atoms with Crippen molar-refractivity contribution in [2.45, 2.75) is 19.1 Å². The van der Waals surface area contributed by atoms with E-state index in [9.17, 15) is 0 Å². The van der Waals surface area contributed by atoms with Gasteiger partial charge >= 0.3 is 0 Å². The molecule has 2 rings (SSSR count). The largest absolute Gasteiger partial charge is 0.374 e. The van der Waals surface area contributed by atoms with Crippen molar-refractivity contribution in [1.29, 1.82) is 0 Å². The number of aryl methyl sites for hydroxylation is 1. The molecule has 0 spiro atoms. The first kappa shape index (κ1) is 11.1. The SMILES string of the molecule is Cc1sccc1C(N)C1CN(C)CCO1. The second kappa shape index (κ2) is 4.61. The summed E-state index contributed by atoms with van der Waals surface area (Å²) in [5.41, 5.74) is 7.47. The lowest BCUT2D eigenvalue weighted by Gasteiger charge is -2.33. The van der Waals surface area contributed by atoms with Gasteiger partial charge in [0.2, 0.25) is 0 Å². The van der Waals surface area contributed by atoms with Gasteiger partial charge in [0, 0.05) is 18.0 Å². The van der Waals surface area contributed by atoms with Gasteiger partial charge in [-0.05, 0) is 31.0 Å². The molecule has 0 radical (unpaired) electrons. The molecular weight excluding hydrogens is 208 g/mol. The Bertz CT molecular complexity index is 326. The minimum absolute atomic E-state index is 0.0130. The quantitative estimate of drug-likeness (QED) is 0.828. The second-order valence-corrected chi connectivity index (χ2v) is 5.25. The highest BCUT2D eigenvalue weighted by Gasteiger charge is 2.26. The van der Waals surface area contributed by atoms with Crippen molar-refractivity contribution in [3.8, 4) is 0 Å². The molecule has 0 saturated carbocycles. The summed E-state index contributed by atoms with van der Waals surface area (Å²) in [5.74, 6) is 0. The van der Waals surface area contributed by atoms with Crippen LogP contribution in [0.2, 0.25) is 0 Å². The second-order valence-electron chi connectivity index (χ2n) is 4.13. The number of nitrogens with zero attached hydrogens (tertiary/aromatic N) is 1. The average Bonchev–Trinajstić information content (AvgIpc) is 2.63. The van der Waals surface area contributed by atoms with Gasteiger partial charge in [-0.15, -0.1) is 11.3 Å². The first-order valence-corrected chi connectivity index (χ1v) is 6.16. The summed E-state index contributed by atoms with van der Waals surface area (Å²) in [7, 11) is 2.11. The molecule has 1 aliphatic rings. The van der Waals surface area contributed by atoms with E-state index < -0.39 is 0 Å². The monoisotopic (exact) mass is 226 g/mol. The summed E-state index contributed by atoms with van der Waals surface area (Å²) in [4.78, 5) is 3.58. The highest BCUT2D eigenvalue weighted by molar-refractivity contribution is 7.10. The van der Waals surface area contributed by atoms with Crippen LogP contribution in [0.15, 0.2) is 11.4 Å². The molecule has 3 nitrogen and oxygen atoms in total. The summed E-state index contributed by atoms with van der Waals surface area (Å²) in [6.45, 7) is 4.84. The lowest BCUT2D eigenvalue weighted by atomic mass is 10.0. The Hall–Kier alpha value is -0.420. The Labute approximate surface area is 94.8 Å². The fourth-order valence-electron chi connectivity index (χ4n) is 1.97. The van der Waals surface area contributed by atoms with Gasteiger partial charge in [-0.25, -0.2) is 0 Å². The number of morpholine rings is 1. The van der Waals surface area contributed by atoms with Crippen LogP contribution in [0.5, 0.6) is 0 Å². The van der Waals surface area contributed by atoms with Gasteiger partial charge in [0.1, 0.15) is 0 Å². The Kier molecular flexibility index (Phi) is 3.41. The van der Waals surface area contributed by atoms with E-state index in [1.165, 1.54) is 10.4 Å². The molecule has 2 heterocycles. The van der Waals surface area contributed by atoms with Crippen molar-refractivity contribution >= 4 is 11.3 Å². The molecule has 2 unspecified atom stereocenters. The van der Waals surface area contributed by atoms with E-state index in [0.29, 0.717) is 0 Å². The van der Waals surface area contributed by atoms with E-state index in [0.717, 1.165) is 19.7 Å². The predicted octanol–water partition coefficient (Wildman–Crippen LogP) is 1.39. The van der Waals surface area contributed by atoms with Crippen molar-refractivity contribution in [1.82, 2.24) is 4.90 Å². The van der Waals surface area contributed by atoms with Crippen molar-refractivity contribution in [3.05, 3.63) is 21.9 Å². The van der Waals surface area contributed by atoms with Crippen LogP contribution in [-0.2, 0) is 4.74 Å². The van der Waals surface area contributed by atoms with Gasteiger partial charge in [-0.1, -0.05) is 0 Å². The van der Waals surface area contributed by atoms with Gasteiger partial charge in [-0.3, -0.25) is 0 Å². The van der Waals surface area contributed by atoms with Crippen LogP contribution in [0.3, 0.4) is 0 Å². The number of likely N-dealkylation sites (N-methyl/N-ethyl adjacent to an activating group) is 1. The highest BCUT2D eigenvalue weighted by Crippen LogP contribution is 2.25. The molecule has 84 valence electrons. The van der Waals surface area contributed by atoms with Crippen LogP contribution in [-0.4, -0.2) is 37.7 Å². The summed E-state index contributed by atoms with van der Waals surface area (Å²) in [6.07, 6.45) is 0.136. The van der Waals surface area contributed by atoms with Crippen LogP contribution in [0.1, 0.15) is 16.5 Å². The molecular formula is C11H18N2OS. The van der Waals surface area contributed by atoms with Crippen molar-refractivity contribution in [2.24, 2.45) is 5.73 Å². The fourth-order valence-corrected chi connectivity index (χ4v) is 2.73. The van der Waals surface area contributed by atoms with Gasteiger partial charge in [0.05, 0.1) is 18.8 Å². The Morgan fingerprint density at radius 1 is 1.67 bits per heavy atom. The molecule has 1 aromatic rings. The number of ether oxygens (including phenoxy) is 1. The maximum atomic E-state index is 6.23. The molecule has 1 fully saturated rings. The molecule has 4 heteroatoms. The summed E-state index contributed by atoms with van der Waals surface area (Å²) in [5, 5.41) is 2.09. The zero-order valence-electron chi connectivity index (χ0n) is 9.27. The normalized spacial score (nSPS) is 25.4. The third-order valence-corrected chi connectivity index (χ3v) is 3.82. The predicted molar refractivity (Wildman–Crippen MR) is 63.2 cm³/mol. The van der Waals surface area contributed by atoms with E-state index >= 15 is 0 Å². The van der Waals surface area contributed by atoms with Crippen LogP contribution >= 0.6 is 11.3 Å². The van der Waals surface area contributed by atoms with Gasteiger partial charge in [-0.2, -0.15) is 0 Å². The molecule has 15 heavy (non-hydrogen) atoms. The number of nitrogens with two attached hydrogens (primary N) is 1. The number of hydrogen-bond donors (Lipinski definition) is 1. The molecule has 2 N–H and O–H groups in total. The minimum Gasteiger partial charge on any atom is -0.374 e. The van der Waals surface area contributed by atoms with E-state index in [-0.39, 0.29) is 12.1 Å². The fraction of sp³-hybridized carbons (Fsp3) is 0.636. The van der Waals surface area contributed by atoms with Crippen LogP contribution in [0.25, 0.3) is 0 Å². The molecule has 0 bridgehead atoms. The summed E-state index contributed by atoms with van der Waals surface area (Å²) in [6, 6.07) is 2.13. The molecule has 0 amide bonds. The Morgan fingerprint density at radius 3 is 3.07 bits per heavy atom. The van der Waals surface area contributed by atoms with Crippen molar-refractivity contribution in [2.75, 3.05) is 26.7 Å². The van der Waals surface area contributed by atoms with Crippen LogP contribution < -0.4 is 5.73 Å². The van der Waals surface area contributed by atoms with E-state index in [1.807, 2.05) is 0 Å². The Balaban J connectivity index is 2.07. The average molecular weight is 226 g/mol. The van der Waals surface area contributed by atoms with Crippen LogP contribution in [0, 0.1) is 6.92 Å². The van der Waals surface area contributed by atoms with E-state index in [2.05, 4.69) is 30.3 Å². The van der Waals surface area contributed by atoms with E-state index in [4.69, 9.17) is 10.5 Å². The molecule has 0 aliphatic carbocycles. The summed E-state index contributed by atoms with van der Waals surface area (Å²) < 4.78 is 5.73. The minimum atomic E-state index is 0.0130. The van der Waals surface area contributed by atoms with E-state index in [1.54, 1.807) is 11.3 Å². The maximum Gasteiger partial charge on any atom is 0.0895 e. The zero-order chi connectivity index (χ0) is 10.8. The van der Waals surface area contributed by atoms with Gasteiger partial charge in [0.15, 0.2) is 0 Å². The highest BCUT2D eigenvalue weighted by atomic mass is 32.1. The zero-order valence-corrected chi connectivity index (χ0v) is 10.1. The third-order valence-electron chi connectivity index (χ3n) is 2.96. The molecule has 1 aliphatic heterocycles. The first-order valence-electron chi connectivity index (χ1n) is 5.28. The lowest BCUT2D eigenvalue weighted by molar-refractivity contribution is -0.0326. The molecule has 1 saturated heterocycles. The smallest absolute Gasteiger partial charge is 0.0895 e. The maximum absolute atomic E-state index is 6.23. The number of hydrogen-bond acceptors (Lipinski definition) is 4. The topological polar surface area (TPSA) is 38.5 Å². The standard InChI is InChI=1S/C11H18N2OS/c1-8-9(3-6-15-8)11(12)10-7-13(2)4-5-14-10/h3,6,10-11H,4-5,7,12H2,1-2H3. The molecule has 2 atom stereocenters. The van der Waals surface area contributed by atoms with Gasteiger partial charge in [0.25, 0.3) is 0 Å². The third kappa shape index (κ3) is 2.39. The molecule has 0 aromatic carbocycles. The van der Waals surface area contributed by atoms with Crippen LogP contribution in [0.4, 0.5) is 0 Å². The van der Waals surface area contributed by atoms with Gasteiger partial charge < -0.3 is 15.4 Å². The number of thiophene rings is 1. The lowest BCUT2D eigenvalue weighted by Crippen LogP contribution is -2.45. The summed E-state index contributed by atoms with van der Waals surface area (Å²) >= 11 is 1.75.